The van der Waals surface area contributed by atoms with E-state index >= 15 is 0 Å². The van der Waals surface area contributed by atoms with Gasteiger partial charge in [-0.2, -0.15) is 0 Å². The molecule has 1 unspecified atom stereocenters. The largest absolute Gasteiger partial charge is 0.388 e. The molecule has 0 fully saturated rings. The van der Waals surface area contributed by atoms with Gasteiger partial charge >= 0.3 is 0 Å². The van der Waals surface area contributed by atoms with Crippen LogP contribution in [0.15, 0.2) is 22.7 Å². The summed E-state index contributed by atoms with van der Waals surface area (Å²) in [5, 5.41) is 9.44. The molecule has 0 aromatic heterocycles. The second-order valence-electron chi connectivity index (χ2n) is 2.57. The lowest BCUT2D eigenvalue weighted by atomic mass is 10.1. The summed E-state index contributed by atoms with van der Waals surface area (Å²) in [4.78, 5) is 0. The van der Waals surface area contributed by atoms with E-state index in [1.165, 1.54) is 6.07 Å². The molecule has 0 spiro atoms. The number of hydrogen-bond donors (Lipinski definition) is 1. The van der Waals surface area contributed by atoms with Gasteiger partial charge in [-0.15, -0.1) is 0 Å². The van der Waals surface area contributed by atoms with Gasteiger partial charge in [0.2, 0.25) is 0 Å². The lowest BCUT2D eigenvalue weighted by Crippen LogP contribution is -1.97. The predicted octanol–water partition coefficient (Wildman–Crippen LogP) is 3.03. The molecule has 0 aliphatic carbocycles. The van der Waals surface area contributed by atoms with Crippen molar-refractivity contribution in [1.29, 1.82) is 0 Å². The summed E-state index contributed by atoms with van der Waals surface area (Å²) in [6.07, 6.45) is -0.00252. The standard InChI is InChI=1S/C9H10BrFO/c1-2-8(12)6-4-3-5-7(11)9(6)10/h3-5,8,12H,2H2,1H3. The van der Waals surface area contributed by atoms with E-state index in [1.807, 2.05) is 6.92 Å². The first kappa shape index (κ1) is 9.68. The number of rotatable bonds is 2. The molecule has 0 saturated carbocycles. The topological polar surface area (TPSA) is 20.2 Å². The Hall–Kier alpha value is -0.410. The highest BCUT2D eigenvalue weighted by Gasteiger charge is 2.11. The number of hydrogen-bond acceptors (Lipinski definition) is 1. The molecule has 66 valence electrons. The van der Waals surface area contributed by atoms with E-state index < -0.39 is 6.10 Å². The van der Waals surface area contributed by atoms with Crippen LogP contribution in [0.1, 0.15) is 25.0 Å². The Balaban J connectivity index is 3.07. The van der Waals surface area contributed by atoms with Gasteiger partial charge < -0.3 is 5.11 Å². The van der Waals surface area contributed by atoms with Crippen LogP contribution in [0, 0.1) is 5.82 Å². The summed E-state index contributed by atoms with van der Waals surface area (Å²) >= 11 is 3.09. The van der Waals surface area contributed by atoms with Crippen molar-refractivity contribution in [1.82, 2.24) is 0 Å². The molecule has 0 bridgehead atoms. The normalized spacial score (nSPS) is 13.0. The molecule has 1 nitrogen and oxygen atoms in total. The van der Waals surface area contributed by atoms with Crippen LogP contribution < -0.4 is 0 Å². The highest BCUT2D eigenvalue weighted by Crippen LogP contribution is 2.27. The zero-order valence-corrected chi connectivity index (χ0v) is 8.31. The lowest BCUT2D eigenvalue weighted by Gasteiger charge is -2.10. The van der Waals surface area contributed by atoms with Crippen molar-refractivity contribution < 1.29 is 9.50 Å². The smallest absolute Gasteiger partial charge is 0.137 e. The first-order valence-corrected chi connectivity index (χ1v) is 4.58. The molecule has 3 heteroatoms. The minimum atomic E-state index is -0.588. The minimum Gasteiger partial charge on any atom is -0.388 e. The van der Waals surface area contributed by atoms with Crippen molar-refractivity contribution in [2.45, 2.75) is 19.4 Å². The van der Waals surface area contributed by atoms with Crippen LogP contribution in [0.25, 0.3) is 0 Å². The van der Waals surface area contributed by atoms with Crippen molar-refractivity contribution in [3.63, 3.8) is 0 Å². The fourth-order valence-electron chi connectivity index (χ4n) is 0.998. The summed E-state index contributed by atoms with van der Waals surface area (Å²) in [6.45, 7) is 1.85. The van der Waals surface area contributed by atoms with Crippen LogP contribution in [0.2, 0.25) is 0 Å². The summed E-state index contributed by atoms with van der Waals surface area (Å²) < 4.78 is 13.3. The Morgan fingerprint density at radius 2 is 2.25 bits per heavy atom. The lowest BCUT2D eigenvalue weighted by molar-refractivity contribution is 0.172. The third-order valence-electron chi connectivity index (χ3n) is 1.73. The Morgan fingerprint density at radius 3 is 2.83 bits per heavy atom. The van der Waals surface area contributed by atoms with Crippen molar-refractivity contribution >= 4 is 15.9 Å². The van der Waals surface area contributed by atoms with E-state index in [2.05, 4.69) is 15.9 Å². The van der Waals surface area contributed by atoms with Crippen LogP contribution >= 0.6 is 15.9 Å². The van der Waals surface area contributed by atoms with E-state index in [0.29, 0.717) is 16.5 Å². The quantitative estimate of drug-likeness (QED) is 0.832. The molecule has 0 radical (unpaired) electrons. The summed E-state index contributed by atoms with van der Waals surface area (Å²) in [6, 6.07) is 4.66. The van der Waals surface area contributed by atoms with E-state index in [1.54, 1.807) is 12.1 Å². The maximum absolute atomic E-state index is 12.9. The molecular weight excluding hydrogens is 223 g/mol. The van der Waals surface area contributed by atoms with Gasteiger partial charge in [0.1, 0.15) is 5.82 Å². The molecule has 1 aromatic carbocycles. The fraction of sp³-hybridized carbons (Fsp3) is 0.333. The van der Waals surface area contributed by atoms with Crippen molar-refractivity contribution in [2.75, 3.05) is 0 Å². The van der Waals surface area contributed by atoms with Crippen LogP contribution in [0.4, 0.5) is 4.39 Å². The molecule has 0 heterocycles. The molecular formula is C9H10BrFO. The fourth-order valence-corrected chi connectivity index (χ4v) is 1.53. The highest BCUT2D eigenvalue weighted by atomic mass is 79.9. The Kier molecular flexibility index (Phi) is 3.23. The third kappa shape index (κ3) is 1.84. The van der Waals surface area contributed by atoms with Gasteiger partial charge in [0.05, 0.1) is 10.6 Å². The van der Waals surface area contributed by atoms with Gasteiger partial charge in [-0.05, 0) is 34.0 Å². The summed E-state index contributed by atoms with van der Waals surface area (Å²) in [5.74, 6) is -0.333. The molecule has 1 rings (SSSR count). The maximum Gasteiger partial charge on any atom is 0.137 e. The van der Waals surface area contributed by atoms with Gasteiger partial charge in [0.15, 0.2) is 0 Å². The SMILES string of the molecule is CCC(O)c1cccc(F)c1Br. The van der Waals surface area contributed by atoms with Gasteiger partial charge in [-0.1, -0.05) is 19.1 Å². The molecule has 1 aromatic rings. The van der Waals surface area contributed by atoms with Gasteiger partial charge in [-0.3, -0.25) is 0 Å². The second-order valence-corrected chi connectivity index (χ2v) is 3.36. The van der Waals surface area contributed by atoms with Gasteiger partial charge in [-0.25, -0.2) is 4.39 Å². The highest BCUT2D eigenvalue weighted by molar-refractivity contribution is 9.10. The minimum absolute atomic E-state index is 0.333. The van der Waals surface area contributed by atoms with E-state index in [0.717, 1.165) is 0 Å². The monoisotopic (exact) mass is 232 g/mol. The number of halogens is 2. The average Bonchev–Trinajstić information content (AvgIpc) is 2.08. The summed E-state index contributed by atoms with van der Waals surface area (Å²) in [7, 11) is 0. The van der Waals surface area contributed by atoms with E-state index in [9.17, 15) is 9.50 Å². The van der Waals surface area contributed by atoms with E-state index in [-0.39, 0.29) is 5.82 Å². The Morgan fingerprint density at radius 1 is 1.58 bits per heavy atom. The van der Waals surface area contributed by atoms with Crippen molar-refractivity contribution in [3.05, 3.63) is 34.1 Å². The molecule has 1 atom stereocenters. The van der Waals surface area contributed by atoms with Gasteiger partial charge in [0.25, 0.3) is 0 Å². The molecule has 0 aliphatic heterocycles. The molecule has 1 N–H and O–H groups in total. The molecule has 12 heavy (non-hydrogen) atoms. The number of aliphatic hydroxyl groups excluding tert-OH is 1. The van der Waals surface area contributed by atoms with Crippen molar-refractivity contribution in [2.24, 2.45) is 0 Å². The van der Waals surface area contributed by atoms with Gasteiger partial charge in [0, 0.05) is 0 Å². The third-order valence-corrected chi connectivity index (χ3v) is 2.56. The van der Waals surface area contributed by atoms with Crippen LogP contribution in [0.3, 0.4) is 0 Å². The zero-order valence-electron chi connectivity index (χ0n) is 6.72. The molecule has 0 saturated heterocycles. The number of aliphatic hydroxyl groups is 1. The first-order chi connectivity index (χ1) is 5.66. The number of benzene rings is 1. The molecule has 0 aliphatic rings. The first-order valence-electron chi connectivity index (χ1n) is 3.78. The van der Waals surface area contributed by atoms with Crippen LogP contribution in [-0.2, 0) is 0 Å². The maximum atomic E-state index is 12.9. The zero-order chi connectivity index (χ0) is 9.14. The predicted molar refractivity (Wildman–Crippen MR) is 49.4 cm³/mol. The second kappa shape index (κ2) is 4.01. The Bertz CT molecular complexity index is 275. The average molecular weight is 233 g/mol. The Labute approximate surface area is 79.4 Å². The van der Waals surface area contributed by atoms with Crippen molar-refractivity contribution in [3.8, 4) is 0 Å². The molecule has 0 amide bonds. The van der Waals surface area contributed by atoms with E-state index in [4.69, 9.17) is 0 Å². The van der Waals surface area contributed by atoms with Crippen LogP contribution in [-0.4, -0.2) is 5.11 Å². The van der Waals surface area contributed by atoms with Crippen LogP contribution in [0.5, 0.6) is 0 Å². The summed E-state index contributed by atoms with van der Waals surface area (Å²) in [5.41, 5.74) is 0.609.